The maximum Gasteiger partial charge on any atom is 0.148 e. The Balaban J connectivity index is 1.56. The summed E-state index contributed by atoms with van der Waals surface area (Å²) in [6, 6.07) is 17.2. The average Bonchev–Trinajstić information content (AvgIpc) is 2.61. The zero-order valence-electron chi connectivity index (χ0n) is 14.5. The van der Waals surface area contributed by atoms with E-state index in [1.54, 1.807) is 12.1 Å². The molecule has 0 fully saturated rings. The standard InChI is InChI=1S/C20H20F2N4/c1-13-3-9-19(17(21)11-13)25-23-15-5-7-16(8-6-15)24-26-20-10-4-14(2)12-18(20)22/h3-12,23-26H,1-2H3. The molecule has 4 N–H and O–H groups in total. The maximum atomic E-state index is 13.8. The lowest BCUT2D eigenvalue weighted by molar-refractivity contribution is 0.629. The molecule has 0 aliphatic carbocycles. The molecule has 0 spiro atoms. The molecule has 3 rings (SSSR count). The highest BCUT2D eigenvalue weighted by atomic mass is 19.1. The van der Waals surface area contributed by atoms with E-state index in [4.69, 9.17) is 0 Å². The Kier molecular flexibility index (Phi) is 5.22. The molecule has 0 saturated heterocycles. The first-order chi connectivity index (χ1) is 12.5. The molecule has 0 aliphatic heterocycles. The van der Waals surface area contributed by atoms with Gasteiger partial charge in [0.25, 0.3) is 0 Å². The molecule has 0 saturated carbocycles. The van der Waals surface area contributed by atoms with Gasteiger partial charge >= 0.3 is 0 Å². The van der Waals surface area contributed by atoms with Gasteiger partial charge in [0.05, 0.1) is 22.7 Å². The van der Waals surface area contributed by atoms with Gasteiger partial charge in [-0.15, -0.1) is 0 Å². The Hall–Kier alpha value is -3.28. The molecule has 3 aromatic carbocycles. The van der Waals surface area contributed by atoms with Gasteiger partial charge in [-0.2, -0.15) is 0 Å². The van der Waals surface area contributed by atoms with Crippen LogP contribution in [-0.4, -0.2) is 0 Å². The van der Waals surface area contributed by atoms with Gasteiger partial charge in [0.15, 0.2) is 0 Å². The summed E-state index contributed by atoms with van der Waals surface area (Å²) in [5, 5.41) is 0. The van der Waals surface area contributed by atoms with E-state index in [2.05, 4.69) is 21.7 Å². The second kappa shape index (κ2) is 7.74. The second-order valence-corrected chi connectivity index (χ2v) is 6.04. The smallest absolute Gasteiger partial charge is 0.148 e. The lowest BCUT2D eigenvalue weighted by Gasteiger charge is -2.13. The molecule has 0 atom stereocenters. The van der Waals surface area contributed by atoms with Gasteiger partial charge in [0, 0.05) is 0 Å². The minimum Gasteiger partial charge on any atom is -0.301 e. The Morgan fingerprint density at radius 3 is 1.27 bits per heavy atom. The molecule has 3 aromatic rings. The van der Waals surface area contributed by atoms with E-state index >= 15 is 0 Å². The van der Waals surface area contributed by atoms with Gasteiger partial charge in [0.1, 0.15) is 11.6 Å². The van der Waals surface area contributed by atoms with Gasteiger partial charge in [-0.3, -0.25) is 10.9 Å². The highest BCUT2D eigenvalue weighted by molar-refractivity contribution is 5.59. The number of benzene rings is 3. The summed E-state index contributed by atoms with van der Waals surface area (Å²) in [7, 11) is 0. The van der Waals surface area contributed by atoms with E-state index < -0.39 is 0 Å². The number of rotatable bonds is 6. The topological polar surface area (TPSA) is 48.1 Å². The Labute approximate surface area is 151 Å². The summed E-state index contributed by atoms with van der Waals surface area (Å²) in [6.07, 6.45) is 0. The Bertz CT molecular complexity index is 820. The van der Waals surface area contributed by atoms with Crippen LogP contribution in [-0.2, 0) is 0 Å². The monoisotopic (exact) mass is 354 g/mol. The predicted molar refractivity (Wildman–Crippen MR) is 103 cm³/mol. The van der Waals surface area contributed by atoms with Crippen LogP contribution < -0.4 is 21.7 Å². The minimum atomic E-state index is -0.319. The summed E-state index contributed by atoms with van der Waals surface area (Å²) >= 11 is 0. The first kappa shape index (κ1) is 17.5. The minimum absolute atomic E-state index is 0.319. The highest BCUT2D eigenvalue weighted by Gasteiger charge is 2.03. The van der Waals surface area contributed by atoms with E-state index in [9.17, 15) is 8.78 Å². The van der Waals surface area contributed by atoms with Crippen LogP contribution in [0.4, 0.5) is 31.5 Å². The number of halogens is 2. The van der Waals surface area contributed by atoms with Gasteiger partial charge in [-0.25, -0.2) is 8.78 Å². The van der Waals surface area contributed by atoms with Gasteiger partial charge in [-0.1, -0.05) is 12.1 Å². The summed E-state index contributed by atoms with van der Waals surface area (Å²) in [5.74, 6) is -0.639. The highest BCUT2D eigenvalue weighted by Crippen LogP contribution is 2.19. The fourth-order valence-corrected chi connectivity index (χ4v) is 2.36. The normalized spacial score (nSPS) is 10.3. The predicted octanol–water partition coefficient (Wildman–Crippen LogP) is 5.46. The van der Waals surface area contributed by atoms with Crippen LogP contribution in [0.1, 0.15) is 11.1 Å². The van der Waals surface area contributed by atoms with Crippen LogP contribution in [0.3, 0.4) is 0 Å². The number of hydrazine groups is 2. The molecule has 0 unspecified atom stereocenters. The quantitative estimate of drug-likeness (QED) is 0.444. The van der Waals surface area contributed by atoms with Gasteiger partial charge in [0.2, 0.25) is 0 Å². The lowest BCUT2D eigenvalue weighted by Crippen LogP contribution is -2.11. The fraction of sp³-hybridized carbons (Fsp3) is 0.100. The largest absolute Gasteiger partial charge is 0.301 e. The van der Waals surface area contributed by atoms with Crippen LogP contribution in [0.25, 0.3) is 0 Å². The lowest BCUT2D eigenvalue weighted by atomic mass is 10.2. The molecule has 0 aliphatic rings. The average molecular weight is 354 g/mol. The van der Waals surface area contributed by atoms with Crippen LogP contribution in [0.5, 0.6) is 0 Å². The van der Waals surface area contributed by atoms with E-state index in [-0.39, 0.29) is 11.6 Å². The van der Waals surface area contributed by atoms with Gasteiger partial charge < -0.3 is 10.9 Å². The molecule has 6 heteroatoms. The van der Waals surface area contributed by atoms with Crippen LogP contribution in [0.2, 0.25) is 0 Å². The van der Waals surface area contributed by atoms with Crippen molar-refractivity contribution in [1.29, 1.82) is 0 Å². The first-order valence-corrected chi connectivity index (χ1v) is 8.18. The third-order valence-corrected chi connectivity index (χ3v) is 3.82. The zero-order valence-corrected chi connectivity index (χ0v) is 14.5. The zero-order chi connectivity index (χ0) is 18.5. The van der Waals surface area contributed by atoms with Crippen LogP contribution in [0.15, 0.2) is 60.7 Å². The van der Waals surface area contributed by atoms with Crippen molar-refractivity contribution in [2.45, 2.75) is 13.8 Å². The fourth-order valence-electron chi connectivity index (χ4n) is 2.36. The number of hydrogen-bond donors (Lipinski definition) is 4. The summed E-state index contributed by atoms with van der Waals surface area (Å²) in [5.41, 5.74) is 15.5. The number of anilines is 4. The molecular formula is C20H20F2N4. The molecule has 4 nitrogen and oxygen atoms in total. The van der Waals surface area contributed by atoms with E-state index in [1.807, 2.05) is 50.2 Å². The van der Waals surface area contributed by atoms with Crippen molar-refractivity contribution in [3.05, 3.63) is 83.4 Å². The molecule has 0 heterocycles. The maximum absolute atomic E-state index is 13.8. The summed E-state index contributed by atoms with van der Waals surface area (Å²) in [6.45, 7) is 3.67. The SMILES string of the molecule is Cc1ccc(NNc2ccc(NNc3ccc(C)cc3F)cc2)c(F)c1. The van der Waals surface area contributed by atoms with E-state index in [0.29, 0.717) is 11.4 Å². The van der Waals surface area contributed by atoms with Crippen molar-refractivity contribution in [2.75, 3.05) is 21.7 Å². The molecule has 0 aromatic heterocycles. The van der Waals surface area contributed by atoms with Crippen molar-refractivity contribution in [1.82, 2.24) is 0 Å². The van der Waals surface area contributed by atoms with Crippen molar-refractivity contribution in [3.63, 3.8) is 0 Å². The van der Waals surface area contributed by atoms with Crippen LogP contribution >= 0.6 is 0 Å². The summed E-state index contributed by atoms with van der Waals surface area (Å²) < 4.78 is 27.6. The van der Waals surface area contributed by atoms with Crippen molar-refractivity contribution >= 4 is 22.7 Å². The molecule has 0 amide bonds. The Morgan fingerprint density at radius 1 is 0.538 bits per heavy atom. The molecule has 0 radical (unpaired) electrons. The first-order valence-electron chi connectivity index (χ1n) is 8.18. The molecule has 26 heavy (non-hydrogen) atoms. The van der Waals surface area contributed by atoms with Crippen molar-refractivity contribution in [3.8, 4) is 0 Å². The number of aryl methyl sites for hydroxylation is 2. The van der Waals surface area contributed by atoms with Gasteiger partial charge in [-0.05, 0) is 73.5 Å². The third-order valence-electron chi connectivity index (χ3n) is 3.82. The van der Waals surface area contributed by atoms with E-state index in [0.717, 1.165) is 22.5 Å². The van der Waals surface area contributed by atoms with E-state index in [1.165, 1.54) is 12.1 Å². The second-order valence-electron chi connectivity index (χ2n) is 6.04. The summed E-state index contributed by atoms with van der Waals surface area (Å²) in [4.78, 5) is 0. The van der Waals surface area contributed by atoms with Crippen LogP contribution in [0, 0.1) is 25.5 Å². The molecular weight excluding hydrogens is 334 g/mol. The number of nitrogens with one attached hydrogen (secondary N) is 4. The Morgan fingerprint density at radius 2 is 0.923 bits per heavy atom. The van der Waals surface area contributed by atoms with Crippen molar-refractivity contribution in [2.24, 2.45) is 0 Å². The number of hydrogen-bond acceptors (Lipinski definition) is 4. The molecule has 0 bridgehead atoms. The third kappa shape index (κ3) is 4.42. The van der Waals surface area contributed by atoms with Crippen molar-refractivity contribution < 1.29 is 8.78 Å². The molecule has 134 valence electrons.